The summed E-state index contributed by atoms with van der Waals surface area (Å²) < 4.78 is 13.1. The fraction of sp³-hybridized carbons (Fsp3) is 0.176. The number of thioether (sulfide) groups is 1. The Balaban J connectivity index is 1.45. The maximum Gasteiger partial charge on any atom is 0.231 e. The van der Waals surface area contributed by atoms with E-state index >= 15 is 0 Å². The summed E-state index contributed by atoms with van der Waals surface area (Å²) in [6, 6.07) is 15.7. The molecule has 0 atom stereocenters. The zero-order valence-electron chi connectivity index (χ0n) is 13.1. The average Bonchev–Trinajstić information content (AvgIpc) is 3.18. The maximum absolute atomic E-state index is 5.80. The van der Waals surface area contributed by atoms with Crippen LogP contribution < -0.4 is 9.47 Å². The number of aromatic amines is 1. The molecule has 0 aliphatic heterocycles. The van der Waals surface area contributed by atoms with Gasteiger partial charge in [0.05, 0.1) is 24.8 Å². The molecule has 24 heavy (non-hydrogen) atoms. The molecule has 0 aliphatic rings. The van der Waals surface area contributed by atoms with Gasteiger partial charge in [-0.1, -0.05) is 36.0 Å². The van der Waals surface area contributed by atoms with Gasteiger partial charge in [0.25, 0.3) is 0 Å². The number of fused-ring (bicyclic) bond motifs is 3. The standard InChI is InChI=1S/C17H16N4O2S/c1-22-14-8-4-5-9-15(14)23-10-11-24-17-20-19-16-18-12-6-2-3-7-13(12)21(16)17/h2-9H,10-11H2,1H3,(H,18,19). The molecule has 0 saturated heterocycles. The van der Waals surface area contributed by atoms with Gasteiger partial charge in [0.1, 0.15) is 0 Å². The topological polar surface area (TPSA) is 64.4 Å². The number of ether oxygens (including phenoxy) is 2. The summed E-state index contributed by atoms with van der Waals surface area (Å²) in [6.45, 7) is 0.562. The van der Waals surface area contributed by atoms with E-state index in [9.17, 15) is 0 Å². The van der Waals surface area contributed by atoms with Gasteiger partial charge in [0.2, 0.25) is 5.78 Å². The lowest BCUT2D eigenvalue weighted by atomic mass is 10.3. The molecule has 2 aromatic heterocycles. The quantitative estimate of drug-likeness (QED) is 0.430. The molecule has 0 aliphatic carbocycles. The van der Waals surface area contributed by atoms with Crippen molar-refractivity contribution in [3.63, 3.8) is 0 Å². The monoisotopic (exact) mass is 340 g/mol. The molecule has 0 amide bonds. The highest BCUT2D eigenvalue weighted by Crippen LogP contribution is 2.27. The van der Waals surface area contributed by atoms with E-state index in [1.165, 1.54) is 0 Å². The molecule has 1 N–H and O–H groups in total. The molecule has 122 valence electrons. The smallest absolute Gasteiger partial charge is 0.231 e. The Morgan fingerprint density at radius 3 is 2.75 bits per heavy atom. The van der Waals surface area contributed by atoms with Crippen molar-refractivity contribution < 1.29 is 9.47 Å². The Labute approximate surface area is 142 Å². The van der Waals surface area contributed by atoms with Crippen molar-refractivity contribution in [2.45, 2.75) is 5.16 Å². The van der Waals surface area contributed by atoms with Gasteiger partial charge in [-0.3, -0.25) is 4.40 Å². The number of nitrogens with zero attached hydrogens (tertiary/aromatic N) is 3. The summed E-state index contributed by atoms with van der Waals surface area (Å²) in [5.74, 6) is 3.01. The number of hydrogen-bond donors (Lipinski definition) is 1. The summed E-state index contributed by atoms with van der Waals surface area (Å²) in [6.07, 6.45) is 0. The minimum Gasteiger partial charge on any atom is -0.493 e. The molecule has 0 fully saturated rings. The first-order chi connectivity index (χ1) is 11.9. The van der Waals surface area contributed by atoms with Crippen LogP contribution in [0.5, 0.6) is 11.5 Å². The van der Waals surface area contributed by atoms with Crippen LogP contribution in [0.15, 0.2) is 53.7 Å². The zero-order chi connectivity index (χ0) is 16.4. The molecule has 0 unspecified atom stereocenters. The number of methoxy groups -OCH3 is 1. The van der Waals surface area contributed by atoms with E-state index in [1.54, 1.807) is 18.9 Å². The first-order valence-corrected chi connectivity index (χ1v) is 8.55. The Kier molecular flexibility index (Phi) is 4.00. The number of nitrogens with one attached hydrogen (secondary N) is 1. The van der Waals surface area contributed by atoms with E-state index in [4.69, 9.17) is 9.47 Å². The molecule has 6 nitrogen and oxygen atoms in total. The van der Waals surface area contributed by atoms with Crippen molar-refractivity contribution >= 4 is 28.6 Å². The fourth-order valence-corrected chi connectivity index (χ4v) is 3.34. The predicted octanol–water partition coefficient (Wildman–Crippen LogP) is 3.39. The second-order valence-electron chi connectivity index (χ2n) is 5.11. The number of H-pyrrole nitrogens is 1. The number of hydrogen-bond acceptors (Lipinski definition) is 5. The number of imidazole rings is 1. The van der Waals surface area contributed by atoms with Crippen molar-refractivity contribution in [2.75, 3.05) is 19.5 Å². The summed E-state index contributed by atoms with van der Waals surface area (Å²) in [5.41, 5.74) is 2.01. The molecule has 2 heterocycles. The van der Waals surface area contributed by atoms with Gasteiger partial charge in [-0.05, 0) is 24.3 Å². The third kappa shape index (κ3) is 2.67. The van der Waals surface area contributed by atoms with Crippen molar-refractivity contribution in [1.82, 2.24) is 19.6 Å². The molecule has 4 rings (SSSR count). The molecule has 0 spiro atoms. The normalized spacial score (nSPS) is 11.2. The van der Waals surface area contributed by atoms with E-state index in [-0.39, 0.29) is 0 Å². The number of rotatable bonds is 6. The van der Waals surface area contributed by atoms with Crippen LogP contribution in [0.2, 0.25) is 0 Å². The fourth-order valence-electron chi connectivity index (χ4n) is 2.56. The van der Waals surface area contributed by atoms with E-state index in [0.717, 1.165) is 39.2 Å². The van der Waals surface area contributed by atoms with Gasteiger partial charge >= 0.3 is 0 Å². The highest BCUT2D eigenvalue weighted by molar-refractivity contribution is 7.99. The number of para-hydroxylation sites is 4. The average molecular weight is 340 g/mol. The zero-order valence-corrected chi connectivity index (χ0v) is 13.9. The predicted molar refractivity (Wildman–Crippen MR) is 94.1 cm³/mol. The first kappa shape index (κ1) is 14.9. The lowest BCUT2D eigenvalue weighted by Crippen LogP contribution is -2.02. The molecule has 4 aromatic rings. The van der Waals surface area contributed by atoms with Crippen LogP contribution in [0.1, 0.15) is 0 Å². The Morgan fingerprint density at radius 2 is 1.88 bits per heavy atom. The summed E-state index contributed by atoms with van der Waals surface area (Å²) in [5, 5.41) is 8.19. The van der Waals surface area contributed by atoms with Gasteiger partial charge in [-0.2, -0.15) is 0 Å². The van der Waals surface area contributed by atoms with Gasteiger partial charge in [0, 0.05) is 5.75 Å². The Hall–Kier alpha value is -2.67. The minimum absolute atomic E-state index is 0.562. The third-order valence-corrected chi connectivity index (χ3v) is 4.55. The second-order valence-corrected chi connectivity index (χ2v) is 6.18. The van der Waals surface area contributed by atoms with Crippen LogP contribution in [0.25, 0.3) is 16.8 Å². The lowest BCUT2D eigenvalue weighted by molar-refractivity contribution is 0.313. The van der Waals surface area contributed by atoms with Crippen LogP contribution >= 0.6 is 11.8 Å². The van der Waals surface area contributed by atoms with Crippen LogP contribution in [-0.2, 0) is 0 Å². The molecule has 0 saturated carbocycles. The molecule has 0 bridgehead atoms. The minimum atomic E-state index is 0.562. The molecule has 7 heteroatoms. The first-order valence-electron chi connectivity index (χ1n) is 7.57. The molecular weight excluding hydrogens is 324 g/mol. The van der Waals surface area contributed by atoms with Gasteiger partial charge < -0.3 is 9.47 Å². The molecular formula is C17H16N4O2S. The second kappa shape index (κ2) is 6.45. The van der Waals surface area contributed by atoms with Crippen molar-refractivity contribution in [2.24, 2.45) is 0 Å². The van der Waals surface area contributed by atoms with Crippen LogP contribution in [0, 0.1) is 0 Å². The van der Waals surface area contributed by atoms with E-state index in [0.29, 0.717) is 6.61 Å². The van der Waals surface area contributed by atoms with Crippen molar-refractivity contribution in [3.05, 3.63) is 48.5 Å². The summed E-state index contributed by atoms with van der Waals surface area (Å²) in [4.78, 5) is 4.52. The van der Waals surface area contributed by atoms with E-state index in [2.05, 4.69) is 15.2 Å². The third-order valence-electron chi connectivity index (χ3n) is 3.64. The Morgan fingerprint density at radius 1 is 1.08 bits per heavy atom. The highest BCUT2D eigenvalue weighted by atomic mass is 32.2. The molecule has 2 aromatic carbocycles. The van der Waals surface area contributed by atoms with Crippen LogP contribution in [-0.4, -0.2) is 39.1 Å². The molecule has 0 radical (unpaired) electrons. The van der Waals surface area contributed by atoms with Crippen LogP contribution in [0.4, 0.5) is 0 Å². The van der Waals surface area contributed by atoms with Crippen molar-refractivity contribution in [3.8, 4) is 11.5 Å². The summed E-state index contributed by atoms with van der Waals surface area (Å²) in [7, 11) is 1.64. The van der Waals surface area contributed by atoms with Gasteiger partial charge in [0.15, 0.2) is 16.7 Å². The van der Waals surface area contributed by atoms with Gasteiger partial charge in [-0.15, -0.1) is 5.10 Å². The summed E-state index contributed by atoms with van der Waals surface area (Å²) >= 11 is 1.62. The van der Waals surface area contributed by atoms with Crippen molar-refractivity contribution in [1.29, 1.82) is 0 Å². The SMILES string of the molecule is COc1ccccc1OCCSc1n[nH]c2nc3ccccc3n12. The van der Waals surface area contributed by atoms with Gasteiger partial charge in [-0.25, -0.2) is 10.1 Å². The van der Waals surface area contributed by atoms with Crippen LogP contribution in [0.3, 0.4) is 0 Å². The number of benzene rings is 2. The maximum atomic E-state index is 5.80. The Bertz CT molecular complexity index is 979. The highest BCUT2D eigenvalue weighted by Gasteiger charge is 2.11. The lowest BCUT2D eigenvalue weighted by Gasteiger charge is -2.09. The van der Waals surface area contributed by atoms with E-state index < -0.39 is 0 Å². The largest absolute Gasteiger partial charge is 0.493 e. The van der Waals surface area contributed by atoms with E-state index in [1.807, 2.05) is 52.9 Å². The number of aromatic nitrogens is 4.